The number of allylic oxidation sites excluding steroid dienone is 8. The molecule has 0 aromatic heterocycles. The fraction of sp³-hybridized carbons (Fsp3) is 0.400. The molecule has 2 aliphatic carbocycles. The maximum Gasteiger partial charge on any atom is -0.109 e. The molecule has 0 bridgehead atoms. The quantitative estimate of drug-likeness (QED) is 0.301. The van der Waals surface area contributed by atoms with Gasteiger partial charge in [0.2, 0.25) is 0 Å². The van der Waals surface area contributed by atoms with Gasteiger partial charge in [-0.15, -0.1) is 19.8 Å². The van der Waals surface area contributed by atoms with E-state index in [4.69, 9.17) is 0 Å². The van der Waals surface area contributed by atoms with Gasteiger partial charge in [0, 0.05) is 0 Å². The summed E-state index contributed by atoms with van der Waals surface area (Å²) in [6.07, 6.45) is 16.2. The fourth-order valence-corrected chi connectivity index (χ4v) is 0.960. The molecule has 0 spiro atoms. The SMILES string of the molecule is CC1=C(C)C[C-]=C1.C[C](C)=[Hf+2].[C-]1=CC=CC1.[Cl-].[Cl-]. The van der Waals surface area contributed by atoms with Crippen molar-refractivity contribution >= 4 is 3.26 Å². The van der Waals surface area contributed by atoms with Crippen LogP contribution in [0.4, 0.5) is 0 Å². The maximum absolute atomic E-state index is 3.12. The van der Waals surface area contributed by atoms with Crippen molar-refractivity contribution in [3.8, 4) is 0 Å². The molecule has 100 valence electrons. The van der Waals surface area contributed by atoms with Crippen molar-refractivity contribution in [2.45, 2.75) is 40.5 Å². The molecule has 3 heteroatoms. The molecule has 0 unspecified atom stereocenters. The molecule has 0 atom stereocenters. The van der Waals surface area contributed by atoms with Gasteiger partial charge in [-0.1, -0.05) is 6.92 Å². The third-order valence-electron chi connectivity index (χ3n) is 1.94. The van der Waals surface area contributed by atoms with Crippen molar-refractivity contribution in [3.63, 3.8) is 0 Å². The zero-order valence-corrected chi connectivity index (χ0v) is 16.6. The van der Waals surface area contributed by atoms with E-state index in [1.165, 1.54) is 35.0 Å². The predicted octanol–water partition coefficient (Wildman–Crippen LogP) is -1.86. The van der Waals surface area contributed by atoms with Crippen molar-refractivity contribution in [1.29, 1.82) is 0 Å². The van der Waals surface area contributed by atoms with E-state index in [9.17, 15) is 0 Å². The van der Waals surface area contributed by atoms with Crippen LogP contribution in [-0.2, 0) is 23.9 Å². The van der Waals surface area contributed by atoms with Crippen molar-refractivity contribution in [1.82, 2.24) is 0 Å². The summed E-state index contributed by atoms with van der Waals surface area (Å²) in [5.74, 6) is 0. The average Bonchev–Trinajstić information content (AvgIpc) is 2.81. The van der Waals surface area contributed by atoms with Crippen LogP contribution >= 0.6 is 0 Å². The Kier molecular flexibility index (Phi) is 19.9. The van der Waals surface area contributed by atoms with E-state index in [1.807, 2.05) is 12.2 Å². The largest absolute Gasteiger partial charge is 1.00 e. The first-order valence-corrected chi connectivity index (χ1v) is 7.30. The van der Waals surface area contributed by atoms with Gasteiger partial charge in [-0.05, 0) is 0 Å². The predicted molar refractivity (Wildman–Crippen MR) is 68.7 cm³/mol. The van der Waals surface area contributed by atoms with E-state index in [1.54, 1.807) is 3.26 Å². The van der Waals surface area contributed by atoms with Crippen LogP contribution in [-0.4, -0.2) is 3.26 Å². The van der Waals surface area contributed by atoms with Crippen molar-refractivity contribution in [3.05, 3.63) is 47.6 Å². The first-order chi connectivity index (χ1) is 7.54. The molecule has 0 N–H and O–H groups in total. The zero-order valence-electron chi connectivity index (χ0n) is 11.5. The van der Waals surface area contributed by atoms with Crippen LogP contribution in [0.2, 0.25) is 0 Å². The molecule has 0 fully saturated rings. The third kappa shape index (κ3) is 16.3. The van der Waals surface area contributed by atoms with Gasteiger partial charge in [0.25, 0.3) is 0 Å². The van der Waals surface area contributed by atoms with Crippen LogP contribution in [0.3, 0.4) is 0 Å². The van der Waals surface area contributed by atoms with Gasteiger partial charge in [-0.25, -0.2) is 23.8 Å². The number of halogens is 2. The molecule has 18 heavy (non-hydrogen) atoms. The normalized spacial score (nSPS) is 13.9. The third-order valence-corrected chi connectivity index (χ3v) is 1.94. The molecular formula is C15H20Cl2Hf-2. The Bertz CT molecular complexity index is 322. The van der Waals surface area contributed by atoms with Crippen molar-refractivity contribution < 1.29 is 48.7 Å². The molecule has 0 amide bonds. The summed E-state index contributed by atoms with van der Waals surface area (Å²) in [5, 5.41) is 0. The van der Waals surface area contributed by atoms with Crippen LogP contribution in [0.25, 0.3) is 0 Å². The van der Waals surface area contributed by atoms with Gasteiger partial charge in [0.1, 0.15) is 0 Å². The number of hydrogen-bond donors (Lipinski definition) is 0. The van der Waals surface area contributed by atoms with Gasteiger partial charge in [-0.3, -0.25) is 12.2 Å². The Morgan fingerprint density at radius 2 is 1.72 bits per heavy atom. The zero-order chi connectivity index (χ0) is 12.4. The van der Waals surface area contributed by atoms with Crippen LogP contribution in [0.15, 0.2) is 35.5 Å². The molecular weight excluding hydrogens is 430 g/mol. The monoisotopic (exact) mass is 450 g/mol. The summed E-state index contributed by atoms with van der Waals surface area (Å²) < 4.78 is 1.56. The summed E-state index contributed by atoms with van der Waals surface area (Å²) in [5.41, 5.74) is 2.85. The Hall–Kier alpha value is 0.280. The molecule has 2 rings (SSSR count). The van der Waals surface area contributed by atoms with Gasteiger partial charge in [-0.2, -0.15) is 11.6 Å². The first kappa shape index (κ1) is 23.4. The fourth-order valence-electron chi connectivity index (χ4n) is 0.960. The molecule has 0 radical (unpaired) electrons. The molecule has 0 aromatic carbocycles. The summed E-state index contributed by atoms with van der Waals surface area (Å²) in [6, 6.07) is 0. The maximum atomic E-state index is 3.12. The molecule has 2 aliphatic rings. The Labute approximate surface area is 139 Å². The van der Waals surface area contributed by atoms with Crippen LogP contribution in [0.5, 0.6) is 0 Å². The molecule has 0 heterocycles. The number of hydrogen-bond acceptors (Lipinski definition) is 0. The Morgan fingerprint density at radius 1 is 1.17 bits per heavy atom. The second kappa shape index (κ2) is 15.3. The van der Waals surface area contributed by atoms with Gasteiger partial charge >= 0.3 is 41.0 Å². The van der Waals surface area contributed by atoms with Gasteiger partial charge < -0.3 is 24.8 Å². The standard InChI is InChI=1S/C7H9.C5H5.C3H6.2ClH.Hf/c1-6-4-3-5-7(6)2;1-2-4-5-3-1;1-3-2;;;/h4H,5H2,1-2H3;1-3H,4H2;1-2H3;2*1H;/q2*-1;;;;+2/p-2. The summed E-state index contributed by atoms with van der Waals surface area (Å²) in [4.78, 5) is 0. The van der Waals surface area contributed by atoms with E-state index < -0.39 is 0 Å². The summed E-state index contributed by atoms with van der Waals surface area (Å²) in [6.45, 7) is 8.56. The minimum atomic E-state index is 0. The average molecular weight is 450 g/mol. The second-order valence-electron chi connectivity index (χ2n) is 3.99. The molecule has 0 saturated carbocycles. The van der Waals surface area contributed by atoms with E-state index in [0.717, 1.165) is 12.8 Å². The summed E-state index contributed by atoms with van der Waals surface area (Å²) >= 11 is 1.27. The first-order valence-electron chi connectivity index (χ1n) is 5.50. The van der Waals surface area contributed by atoms with Crippen molar-refractivity contribution in [2.24, 2.45) is 0 Å². The van der Waals surface area contributed by atoms with Gasteiger partial charge in [0.15, 0.2) is 0 Å². The minimum absolute atomic E-state index is 0. The molecule has 0 aromatic rings. The van der Waals surface area contributed by atoms with E-state index >= 15 is 0 Å². The van der Waals surface area contributed by atoms with Crippen LogP contribution in [0.1, 0.15) is 40.5 Å². The molecule has 0 nitrogen and oxygen atoms in total. The Morgan fingerprint density at radius 3 is 1.83 bits per heavy atom. The van der Waals surface area contributed by atoms with Crippen LogP contribution < -0.4 is 24.8 Å². The second-order valence-corrected chi connectivity index (χ2v) is 7.58. The number of rotatable bonds is 0. The summed E-state index contributed by atoms with van der Waals surface area (Å²) in [7, 11) is 0. The minimum Gasteiger partial charge on any atom is -1.00 e. The smallest absolute Gasteiger partial charge is 0.109 e. The van der Waals surface area contributed by atoms with Gasteiger partial charge in [0.05, 0.1) is 0 Å². The molecule has 0 saturated heterocycles. The molecule has 0 aliphatic heterocycles. The van der Waals surface area contributed by atoms with E-state index in [0.29, 0.717) is 0 Å². The van der Waals surface area contributed by atoms with Crippen molar-refractivity contribution in [2.75, 3.05) is 0 Å². The van der Waals surface area contributed by atoms with E-state index in [-0.39, 0.29) is 24.8 Å². The topological polar surface area (TPSA) is 0 Å². The van der Waals surface area contributed by atoms with E-state index in [2.05, 4.69) is 52.0 Å². The van der Waals surface area contributed by atoms with Crippen LogP contribution in [0, 0.1) is 12.2 Å². The Balaban J connectivity index is -0.000000185.